The number of hydrogen-bond donors (Lipinski definition) is 0. The third kappa shape index (κ3) is 3.72. The molecule has 0 unspecified atom stereocenters. The van der Waals surface area contributed by atoms with Gasteiger partial charge in [-0.1, -0.05) is 13.0 Å². The molecule has 0 amide bonds. The average molecular weight is 263 g/mol. The summed E-state index contributed by atoms with van der Waals surface area (Å²) in [6.45, 7) is 0.609. The number of hydrogen-bond acceptors (Lipinski definition) is 2. The SMILES string of the molecule is CCCN(CC(F)(F)F)c1cccc(F)c1C=O. The summed E-state index contributed by atoms with van der Waals surface area (Å²) < 4.78 is 50.6. The molecule has 1 rings (SSSR count). The molecule has 0 aliphatic heterocycles. The number of carbonyl (C=O) groups excluding carboxylic acids is 1. The molecule has 1 aromatic rings. The van der Waals surface area contributed by atoms with Crippen molar-refractivity contribution in [3.05, 3.63) is 29.6 Å². The predicted molar refractivity (Wildman–Crippen MR) is 60.3 cm³/mol. The Hall–Kier alpha value is -1.59. The van der Waals surface area contributed by atoms with Crippen molar-refractivity contribution in [3.8, 4) is 0 Å². The summed E-state index contributed by atoms with van der Waals surface area (Å²) >= 11 is 0. The molecule has 1 aromatic carbocycles. The minimum Gasteiger partial charge on any atom is -0.362 e. The smallest absolute Gasteiger partial charge is 0.362 e. The van der Waals surface area contributed by atoms with Crippen molar-refractivity contribution < 1.29 is 22.4 Å². The zero-order valence-electron chi connectivity index (χ0n) is 9.80. The summed E-state index contributed by atoms with van der Waals surface area (Å²) in [5.41, 5.74) is -0.362. The Kier molecular flexibility index (Phi) is 4.69. The second-order valence-corrected chi connectivity index (χ2v) is 3.83. The van der Waals surface area contributed by atoms with Gasteiger partial charge in [0, 0.05) is 6.54 Å². The largest absolute Gasteiger partial charge is 0.405 e. The first-order valence-corrected chi connectivity index (χ1v) is 5.44. The van der Waals surface area contributed by atoms with E-state index in [-0.39, 0.29) is 24.1 Å². The lowest BCUT2D eigenvalue weighted by Gasteiger charge is -2.26. The second kappa shape index (κ2) is 5.84. The highest BCUT2D eigenvalue weighted by atomic mass is 19.4. The van der Waals surface area contributed by atoms with E-state index >= 15 is 0 Å². The van der Waals surface area contributed by atoms with Crippen LogP contribution in [0.2, 0.25) is 0 Å². The van der Waals surface area contributed by atoms with E-state index in [1.807, 2.05) is 0 Å². The number of carbonyl (C=O) groups is 1. The van der Waals surface area contributed by atoms with Crippen LogP contribution in [0.5, 0.6) is 0 Å². The van der Waals surface area contributed by atoms with Crippen LogP contribution in [0.1, 0.15) is 23.7 Å². The van der Waals surface area contributed by atoms with Crippen molar-refractivity contribution in [1.82, 2.24) is 0 Å². The fourth-order valence-electron chi connectivity index (χ4n) is 1.69. The summed E-state index contributed by atoms with van der Waals surface area (Å²) in [6.07, 6.45) is -3.70. The van der Waals surface area contributed by atoms with E-state index in [1.165, 1.54) is 12.1 Å². The minimum absolute atomic E-state index is 0.0239. The first-order valence-electron chi connectivity index (χ1n) is 5.44. The summed E-state index contributed by atoms with van der Waals surface area (Å²) in [4.78, 5) is 11.7. The molecular weight excluding hydrogens is 250 g/mol. The number of aldehydes is 1. The van der Waals surface area contributed by atoms with E-state index in [4.69, 9.17) is 0 Å². The molecule has 0 bridgehead atoms. The predicted octanol–water partition coefficient (Wildman–Crippen LogP) is 3.42. The maximum atomic E-state index is 13.3. The summed E-state index contributed by atoms with van der Waals surface area (Å²) in [7, 11) is 0. The number of rotatable bonds is 5. The molecule has 0 N–H and O–H groups in total. The Bertz CT molecular complexity index is 417. The van der Waals surface area contributed by atoms with E-state index in [0.29, 0.717) is 6.42 Å². The lowest BCUT2D eigenvalue weighted by Crippen LogP contribution is -2.35. The number of halogens is 4. The minimum atomic E-state index is -4.40. The Morgan fingerprint density at radius 1 is 1.33 bits per heavy atom. The van der Waals surface area contributed by atoms with Gasteiger partial charge in [-0.15, -0.1) is 0 Å². The van der Waals surface area contributed by atoms with Crippen LogP contribution in [0.15, 0.2) is 18.2 Å². The number of nitrogens with zero attached hydrogens (tertiary/aromatic N) is 1. The molecule has 0 heterocycles. The Balaban J connectivity index is 3.13. The van der Waals surface area contributed by atoms with Gasteiger partial charge in [0.1, 0.15) is 12.4 Å². The highest BCUT2D eigenvalue weighted by Crippen LogP contribution is 2.26. The second-order valence-electron chi connectivity index (χ2n) is 3.83. The van der Waals surface area contributed by atoms with Crippen LogP contribution >= 0.6 is 0 Å². The quantitative estimate of drug-likeness (QED) is 0.599. The van der Waals surface area contributed by atoms with Crippen LogP contribution in [-0.4, -0.2) is 25.6 Å². The molecule has 0 aromatic heterocycles. The van der Waals surface area contributed by atoms with Gasteiger partial charge >= 0.3 is 6.18 Å². The Morgan fingerprint density at radius 3 is 2.50 bits per heavy atom. The molecule has 18 heavy (non-hydrogen) atoms. The van der Waals surface area contributed by atoms with E-state index in [2.05, 4.69) is 0 Å². The zero-order valence-corrected chi connectivity index (χ0v) is 9.80. The van der Waals surface area contributed by atoms with Gasteiger partial charge in [-0.05, 0) is 18.6 Å². The van der Waals surface area contributed by atoms with E-state index in [1.54, 1.807) is 6.92 Å². The average Bonchev–Trinajstić information content (AvgIpc) is 2.26. The highest BCUT2D eigenvalue weighted by molar-refractivity contribution is 5.85. The van der Waals surface area contributed by atoms with Crippen LogP contribution in [0.4, 0.5) is 23.2 Å². The van der Waals surface area contributed by atoms with Crippen LogP contribution in [0, 0.1) is 5.82 Å². The molecule has 0 saturated heterocycles. The van der Waals surface area contributed by atoms with Gasteiger partial charge in [0.05, 0.1) is 11.3 Å². The van der Waals surface area contributed by atoms with Crippen LogP contribution in [0.25, 0.3) is 0 Å². The lowest BCUT2D eigenvalue weighted by molar-refractivity contribution is -0.119. The molecule has 0 aliphatic rings. The van der Waals surface area contributed by atoms with Gasteiger partial charge < -0.3 is 4.90 Å². The molecule has 0 saturated carbocycles. The number of benzene rings is 1. The standard InChI is InChI=1S/C12H13F4NO/c1-2-6-17(8-12(14,15)16)11-5-3-4-10(13)9(11)7-18/h3-5,7H,2,6,8H2,1H3. The third-order valence-corrected chi connectivity index (χ3v) is 2.35. The fourth-order valence-corrected chi connectivity index (χ4v) is 1.69. The van der Waals surface area contributed by atoms with Crippen LogP contribution < -0.4 is 4.90 Å². The molecule has 6 heteroatoms. The monoisotopic (exact) mass is 263 g/mol. The van der Waals surface area contributed by atoms with Crippen LogP contribution in [-0.2, 0) is 0 Å². The number of alkyl halides is 3. The summed E-state index contributed by atoms with van der Waals surface area (Å²) in [5.74, 6) is -0.814. The number of anilines is 1. The Labute approximate surface area is 102 Å². The van der Waals surface area contributed by atoms with Crippen molar-refractivity contribution in [2.45, 2.75) is 19.5 Å². The molecule has 100 valence electrons. The molecule has 0 spiro atoms. The van der Waals surface area contributed by atoms with E-state index < -0.39 is 18.5 Å². The van der Waals surface area contributed by atoms with Crippen molar-refractivity contribution in [3.63, 3.8) is 0 Å². The van der Waals surface area contributed by atoms with E-state index in [9.17, 15) is 22.4 Å². The van der Waals surface area contributed by atoms with Gasteiger partial charge in [-0.2, -0.15) is 13.2 Å². The van der Waals surface area contributed by atoms with Gasteiger partial charge in [0.25, 0.3) is 0 Å². The fraction of sp³-hybridized carbons (Fsp3) is 0.417. The maximum absolute atomic E-state index is 13.3. The lowest BCUT2D eigenvalue weighted by atomic mass is 10.1. The summed E-state index contributed by atoms with van der Waals surface area (Å²) in [5, 5.41) is 0. The molecule has 0 aliphatic carbocycles. The van der Waals surface area contributed by atoms with Crippen molar-refractivity contribution in [1.29, 1.82) is 0 Å². The highest BCUT2D eigenvalue weighted by Gasteiger charge is 2.31. The normalized spacial score (nSPS) is 11.4. The van der Waals surface area contributed by atoms with Crippen molar-refractivity contribution >= 4 is 12.0 Å². The maximum Gasteiger partial charge on any atom is 0.405 e. The Morgan fingerprint density at radius 2 is 2.00 bits per heavy atom. The molecule has 2 nitrogen and oxygen atoms in total. The van der Waals surface area contributed by atoms with Gasteiger partial charge in [0.15, 0.2) is 6.29 Å². The zero-order chi connectivity index (χ0) is 13.8. The molecule has 0 radical (unpaired) electrons. The topological polar surface area (TPSA) is 20.3 Å². The van der Waals surface area contributed by atoms with Crippen molar-refractivity contribution in [2.24, 2.45) is 0 Å². The van der Waals surface area contributed by atoms with Crippen LogP contribution in [0.3, 0.4) is 0 Å². The summed E-state index contributed by atoms with van der Waals surface area (Å²) in [6, 6.07) is 3.65. The first-order chi connectivity index (χ1) is 8.39. The van der Waals surface area contributed by atoms with Gasteiger partial charge in [0.2, 0.25) is 0 Å². The third-order valence-electron chi connectivity index (χ3n) is 2.35. The van der Waals surface area contributed by atoms with Gasteiger partial charge in [-0.25, -0.2) is 4.39 Å². The van der Waals surface area contributed by atoms with Crippen molar-refractivity contribution in [2.75, 3.05) is 18.0 Å². The molecular formula is C12H13F4NO. The van der Waals surface area contributed by atoms with Gasteiger partial charge in [-0.3, -0.25) is 4.79 Å². The van der Waals surface area contributed by atoms with E-state index in [0.717, 1.165) is 11.0 Å². The first kappa shape index (κ1) is 14.5. The molecule has 0 atom stereocenters. The molecule has 0 fully saturated rings.